The number of nitrogens with one attached hydrogen (secondary N) is 2. The first-order valence-electron chi connectivity index (χ1n) is 4.32. The first-order chi connectivity index (χ1) is 5.83. The maximum Gasteiger partial charge on any atom is 0.234 e. The molecule has 0 aromatic carbocycles. The van der Waals surface area contributed by atoms with Crippen LogP contribution in [0.15, 0.2) is 0 Å². The Morgan fingerprint density at radius 3 is 2.92 bits per heavy atom. The van der Waals surface area contributed by atoms with E-state index in [1.807, 2.05) is 0 Å². The molecule has 1 saturated carbocycles. The number of rotatable bonds is 6. The Bertz CT molecular complexity index is 146. The zero-order valence-electron chi connectivity index (χ0n) is 7.43. The number of methoxy groups -OCH3 is 1. The molecule has 0 bridgehead atoms. The van der Waals surface area contributed by atoms with Gasteiger partial charge in [0.05, 0.1) is 13.2 Å². The van der Waals surface area contributed by atoms with E-state index < -0.39 is 0 Å². The van der Waals surface area contributed by atoms with E-state index in [0.29, 0.717) is 25.7 Å². The van der Waals surface area contributed by atoms with Crippen molar-refractivity contribution in [2.75, 3.05) is 26.8 Å². The van der Waals surface area contributed by atoms with Crippen molar-refractivity contribution < 1.29 is 9.53 Å². The molecule has 0 spiro atoms. The fourth-order valence-corrected chi connectivity index (χ4v) is 0.880. The molecule has 0 aromatic heterocycles. The summed E-state index contributed by atoms with van der Waals surface area (Å²) in [5.74, 6) is 0.0546. The van der Waals surface area contributed by atoms with Gasteiger partial charge in [-0.15, -0.1) is 0 Å². The summed E-state index contributed by atoms with van der Waals surface area (Å²) >= 11 is 0. The van der Waals surface area contributed by atoms with Gasteiger partial charge in [-0.2, -0.15) is 0 Å². The minimum absolute atomic E-state index is 0.0546. The second-order valence-electron chi connectivity index (χ2n) is 3.00. The number of amides is 1. The van der Waals surface area contributed by atoms with Crippen LogP contribution in [0.25, 0.3) is 0 Å². The summed E-state index contributed by atoms with van der Waals surface area (Å²) in [5, 5.41) is 5.87. The predicted octanol–water partition coefficient (Wildman–Crippen LogP) is -0.499. The third-order valence-electron chi connectivity index (χ3n) is 1.76. The van der Waals surface area contributed by atoms with Crippen molar-refractivity contribution >= 4 is 5.91 Å². The molecule has 12 heavy (non-hydrogen) atoms. The highest BCUT2D eigenvalue weighted by Crippen LogP contribution is 2.17. The molecule has 0 unspecified atom stereocenters. The Kier molecular flexibility index (Phi) is 4.04. The van der Waals surface area contributed by atoms with Crippen LogP contribution in [-0.2, 0) is 9.53 Å². The van der Waals surface area contributed by atoms with E-state index in [1.165, 1.54) is 12.8 Å². The summed E-state index contributed by atoms with van der Waals surface area (Å²) in [6.07, 6.45) is 2.43. The minimum atomic E-state index is 0.0546. The van der Waals surface area contributed by atoms with Crippen LogP contribution in [0.1, 0.15) is 12.8 Å². The van der Waals surface area contributed by atoms with Crippen molar-refractivity contribution in [2.24, 2.45) is 0 Å². The third-order valence-corrected chi connectivity index (χ3v) is 1.76. The summed E-state index contributed by atoms with van der Waals surface area (Å²) in [5.41, 5.74) is 0. The lowest BCUT2D eigenvalue weighted by molar-refractivity contribution is -0.120. The summed E-state index contributed by atoms with van der Waals surface area (Å²) in [6, 6.07) is 0.596. The van der Waals surface area contributed by atoms with Gasteiger partial charge in [-0.3, -0.25) is 4.79 Å². The summed E-state index contributed by atoms with van der Waals surface area (Å²) in [7, 11) is 1.62. The van der Waals surface area contributed by atoms with Gasteiger partial charge in [0.2, 0.25) is 5.91 Å². The molecule has 0 radical (unpaired) electrons. The highest BCUT2D eigenvalue weighted by molar-refractivity contribution is 5.78. The van der Waals surface area contributed by atoms with Crippen molar-refractivity contribution in [1.82, 2.24) is 10.6 Å². The topological polar surface area (TPSA) is 50.4 Å². The van der Waals surface area contributed by atoms with Gasteiger partial charge in [0, 0.05) is 19.7 Å². The minimum Gasteiger partial charge on any atom is -0.383 e. The zero-order valence-corrected chi connectivity index (χ0v) is 7.43. The lowest BCUT2D eigenvalue weighted by atomic mass is 10.5. The van der Waals surface area contributed by atoms with E-state index in [2.05, 4.69) is 10.6 Å². The van der Waals surface area contributed by atoms with Gasteiger partial charge >= 0.3 is 0 Å². The van der Waals surface area contributed by atoms with Crippen molar-refractivity contribution in [3.8, 4) is 0 Å². The zero-order chi connectivity index (χ0) is 8.81. The summed E-state index contributed by atoms with van der Waals surface area (Å²) in [4.78, 5) is 11.0. The van der Waals surface area contributed by atoms with Gasteiger partial charge in [0.15, 0.2) is 0 Å². The summed E-state index contributed by atoms with van der Waals surface area (Å²) < 4.78 is 4.80. The molecule has 0 heterocycles. The number of ether oxygens (including phenoxy) is 1. The van der Waals surface area contributed by atoms with Gasteiger partial charge in [0.25, 0.3) is 0 Å². The van der Waals surface area contributed by atoms with Gasteiger partial charge in [-0.05, 0) is 12.8 Å². The van der Waals surface area contributed by atoms with Crippen LogP contribution in [-0.4, -0.2) is 38.8 Å². The SMILES string of the molecule is COCCNC(=O)CNC1CC1. The van der Waals surface area contributed by atoms with Crippen molar-refractivity contribution in [3.63, 3.8) is 0 Å². The Hall–Kier alpha value is -0.610. The van der Waals surface area contributed by atoms with Crippen molar-refractivity contribution in [1.29, 1.82) is 0 Å². The molecule has 1 aliphatic carbocycles. The van der Waals surface area contributed by atoms with Crippen molar-refractivity contribution in [2.45, 2.75) is 18.9 Å². The molecule has 1 rings (SSSR count). The van der Waals surface area contributed by atoms with Crippen LogP contribution in [0, 0.1) is 0 Å². The number of hydrogen-bond acceptors (Lipinski definition) is 3. The predicted molar refractivity (Wildman–Crippen MR) is 45.9 cm³/mol. The molecule has 0 aliphatic heterocycles. The molecule has 0 saturated heterocycles. The van der Waals surface area contributed by atoms with Crippen LogP contribution in [0.2, 0.25) is 0 Å². The maximum atomic E-state index is 11.0. The lowest BCUT2D eigenvalue weighted by Crippen LogP contribution is -2.36. The van der Waals surface area contributed by atoms with Crippen LogP contribution in [0.5, 0.6) is 0 Å². The van der Waals surface area contributed by atoms with E-state index in [1.54, 1.807) is 7.11 Å². The van der Waals surface area contributed by atoms with Crippen LogP contribution < -0.4 is 10.6 Å². The molecule has 4 nitrogen and oxygen atoms in total. The van der Waals surface area contributed by atoms with Gasteiger partial charge in [-0.1, -0.05) is 0 Å². The first-order valence-corrected chi connectivity index (χ1v) is 4.32. The van der Waals surface area contributed by atoms with Gasteiger partial charge in [-0.25, -0.2) is 0 Å². The third kappa shape index (κ3) is 4.31. The van der Waals surface area contributed by atoms with Crippen LogP contribution in [0.3, 0.4) is 0 Å². The first kappa shape index (κ1) is 9.48. The molecule has 70 valence electrons. The molecule has 4 heteroatoms. The van der Waals surface area contributed by atoms with E-state index in [0.717, 1.165) is 0 Å². The molecule has 2 N–H and O–H groups in total. The second kappa shape index (κ2) is 5.11. The highest BCUT2D eigenvalue weighted by atomic mass is 16.5. The normalized spacial score (nSPS) is 16.1. The number of hydrogen-bond donors (Lipinski definition) is 2. The Labute approximate surface area is 72.7 Å². The van der Waals surface area contributed by atoms with Crippen LogP contribution >= 0.6 is 0 Å². The Morgan fingerprint density at radius 2 is 2.33 bits per heavy atom. The van der Waals surface area contributed by atoms with E-state index in [9.17, 15) is 4.79 Å². The average Bonchev–Trinajstić information content (AvgIpc) is 2.84. The lowest BCUT2D eigenvalue weighted by Gasteiger charge is -2.04. The van der Waals surface area contributed by atoms with Gasteiger partial charge < -0.3 is 15.4 Å². The number of carbonyl (C=O) groups is 1. The molecule has 1 aliphatic rings. The fourth-order valence-electron chi connectivity index (χ4n) is 0.880. The molecule has 1 amide bonds. The van der Waals surface area contributed by atoms with E-state index >= 15 is 0 Å². The smallest absolute Gasteiger partial charge is 0.234 e. The average molecular weight is 172 g/mol. The highest BCUT2D eigenvalue weighted by Gasteiger charge is 2.20. The Balaban J connectivity index is 1.88. The van der Waals surface area contributed by atoms with Crippen molar-refractivity contribution in [3.05, 3.63) is 0 Å². The monoisotopic (exact) mass is 172 g/mol. The quantitative estimate of drug-likeness (QED) is 0.531. The van der Waals surface area contributed by atoms with E-state index in [-0.39, 0.29) is 5.91 Å². The molecular formula is C8H16N2O2. The Morgan fingerprint density at radius 1 is 1.58 bits per heavy atom. The largest absolute Gasteiger partial charge is 0.383 e. The van der Waals surface area contributed by atoms with E-state index in [4.69, 9.17) is 4.74 Å². The maximum absolute atomic E-state index is 11.0. The van der Waals surface area contributed by atoms with Gasteiger partial charge in [0.1, 0.15) is 0 Å². The molecule has 1 fully saturated rings. The summed E-state index contributed by atoms with van der Waals surface area (Å²) in [6.45, 7) is 1.62. The van der Waals surface area contributed by atoms with Crippen LogP contribution in [0.4, 0.5) is 0 Å². The second-order valence-corrected chi connectivity index (χ2v) is 3.00. The molecular weight excluding hydrogens is 156 g/mol. The standard InChI is InChI=1S/C8H16N2O2/c1-12-5-4-9-8(11)6-10-7-2-3-7/h7,10H,2-6H2,1H3,(H,9,11). The molecule has 0 atom stereocenters. The fraction of sp³-hybridized carbons (Fsp3) is 0.875. The number of carbonyl (C=O) groups excluding carboxylic acids is 1. The molecule has 0 aromatic rings.